The van der Waals surface area contributed by atoms with Crippen molar-refractivity contribution in [2.45, 2.75) is 38.1 Å². The van der Waals surface area contributed by atoms with E-state index in [1.807, 2.05) is 0 Å². The Kier molecular flexibility index (Phi) is 4.60. The topological polar surface area (TPSA) is 72.2 Å². The highest BCUT2D eigenvalue weighted by molar-refractivity contribution is 7.89. The lowest BCUT2D eigenvalue weighted by Crippen LogP contribution is -2.28. The maximum atomic E-state index is 10.9. The molecular weight excluding hydrogens is 260 g/mol. The first-order chi connectivity index (χ1) is 8.97. The van der Waals surface area contributed by atoms with E-state index in [9.17, 15) is 8.42 Å². The molecular formula is C14H22N2O2S. The number of benzene rings is 1. The fourth-order valence-electron chi connectivity index (χ4n) is 2.77. The van der Waals surface area contributed by atoms with Gasteiger partial charge in [-0.25, -0.2) is 13.6 Å². The molecule has 2 rings (SSSR count). The molecule has 0 aliphatic heterocycles. The van der Waals surface area contributed by atoms with Crippen molar-refractivity contribution in [3.8, 4) is 0 Å². The standard InChI is InChI=1S/C14H22N2O2S/c1-11-7-8-14(13-6-3-2-5-12(11)13)16-9-4-10-19(15,17)18/h2-3,5-6,11,14,16H,4,7-10H2,1H3,(H2,15,17,18). The average molecular weight is 282 g/mol. The minimum Gasteiger partial charge on any atom is -0.310 e. The van der Waals surface area contributed by atoms with Crippen molar-refractivity contribution in [3.05, 3.63) is 35.4 Å². The molecule has 0 fully saturated rings. The quantitative estimate of drug-likeness (QED) is 0.810. The summed E-state index contributed by atoms with van der Waals surface area (Å²) in [5, 5.41) is 8.44. The van der Waals surface area contributed by atoms with Gasteiger partial charge in [0.25, 0.3) is 0 Å². The van der Waals surface area contributed by atoms with Gasteiger partial charge >= 0.3 is 0 Å². The highest BCUT2D eigenvalue weighted by Gasteiger charge is 2.23. The Morgan fingerprint density at radius 1 is 1.26 bits per heavy atom. The molecule has 0 aromatic heterocycles. The van der Waals surface area contributed by atoms with Gasteiger partial charge in [0.2, 0.25) is 10.0 Å². The second-order valence-corrected chi connectivity index (χ2v) is 7.07. The summed E-state index contributed by atoms with van der Waals surface area (Å²) in [5.74, 6) is 0.656. The number of primary sulfonamides is 1. The summed E-state index contributed by atoms with van der Waals surface area (Å²) in [4.78, 5) is 0. The monoisotopic (exact) mass is 282 g/mol. The largest absolute Gasteiger partial charge is 0.310 e. The number of hydrogen-bond acceptors (Lipinski definition) is 3. The summed E-state index contributed by atoms with van der Waals surface area (Å²) < 4.78 is 21.7. The van der Waals surface area contributed by atoms with Crippen LogP contribution in [0, 0.1) is 0 Å². The SMILES string of the molecule is CC1CCC(NCCCS(N)(=O)=O)c2ccccc21. The molecule has 1 aliphatic carbocycles. The highest BCUT2D eigenvalue weighted by atomic mass is 32.2. The normalized spacial score (nSPS) is 23.1. The minimum absolute atomic E-state index is 0.0464. The first-order valence-electron chi connectivity index (χ1n) is 6.80. The molecule has 1 aromatic rings. The zero-order valence-corrected chi connectivity index (χ0v) is 12.1. The Labute approximate surface area is 115 Å². The molecule has 0 amide bonds. The highest BCUT2D eigenvalue weighted by Crippen LogP contribution is 2.36. The molecule has 0 spiro atoms. The van der Waals surface area contributed by atoms with Gasteiger partial charge in [-0.15, -0.1) is 0 Å². The van der Waals surface area contributed by atoms with Crippen LogP contribution in [-0.4, -0.2) is 20.7 Å². The first kappa shape index (κ1) is 14.5. The third-order valence-electron chi connectivity index (χ3n) is 3.79. The summed E-state index contributed by atoms with van der Waals surface area (Å²) in [6.45, 7) is 2.94. The van der Waals surface area contributed by atoms with Crippen LogP contribution in [0.25, 0.3) is 0 Å². The van der Waals surface area contributed by atoms with Crippen LogP contribution in [0.15, 0.2) is 24.3 Å². The van der Waals surface area contributed by atoms with E-state index >= 15 is 0 Å². The van der Waals surface area contributed by atoms with E-state index < -0.39 is 10.0 Å². The van der Waals surface area contributed by atoms with Gasteiger partial charge in [-0.05, 0) is 42.9 Å². The summed E-state index contributed by atoms with van der Waals surface area (Å²) in [5.41, 5.74) is 2.77. The van der Waals surface area contributed by atoms with E-state index in [2.05, 4.69) is 36.5 Å². The fraction of sp³-hybridized carbons (Fsp3) is 0.571. The van der Waals surface area contributed by atoms with Gasteiger partial charge in [0.1, 0.15) is 0 Å². The van der Waals surface area contributed by atoms with Crippen LogP contribution >= 0.6 is 0 Å². The Bertz CT molecular complexity index is 528. The average Bonchev–Trinajstić information content (AvgIpc) is 2.36. The van der Waals surface area contributed by atoms with E-state index in [0.717, 1.165) is 6.42 Å². The van der Waals surface area contributed by atoms with Gasteiger partial charge in [0.15, 0.2) is 0 Å². The summed E-state index contributed by atoms with van der Waals surface area (Å²) in [6, 6.07) is 8.85. The van der Waals surface area contributed by atoms with Gasteiger partial charge in [-0.3, -0.25) is 0 Å². The van der Waals surface area contributed by atoms with Crippen molar-refractivity contribution in [2.24, 2.45) is 5.14 Å². The molecule has 0 saturated heterocycles. The maximum Gasteiger partial charge on any atom is 0.209 e. The van der Waals surface area contributed by atoms with Crippen molar-refractivity contribution < 1.29 is 8.42 Å². The molecule has 1 aromatic carbocycles. The second-order valence-electron chi connectivity index (χ2n) is 5.33. The van der Waals surface area contributed by atoms with E-state index in [4.69, 9.17) is 5.14 Å². The number of fused-ring (bicyclic) bond motifs is 1. The van der Waals surface area contributed by atoms with Crippen molar-refractivity contribution in [2.75, 3.05) is 12.3 Å². The molecule has 106 valence electrons. The van der Waals surface area contributed by atoms with E-state index in [-0.39, 0.29) is 5.75 Å². The van der Waals surface area contributed by atoms with Gasteiger partial charge < -0.3 is 5.32 Å². The number of nitrogens with two attached hydrogens (primary N) is 1. The molecule has 0 saturated carbocycles. The fourth-order valence-corrected chi connectivity index (χ4v) is 3.31. The zero-order valence-electron chi connectivity index (χ0n) is 11.3. The maximum absolute atomic E-state index is 10.9. The van der Waals surface area contributed by atoms with Gasteiger partial charge in [0.05, 0.1) is 5.75 Å². The van der Waals surface area contributed by atoms with Gasteiger partial charge in [0, 0.05) is 6.04 Å². The van der Waals surface area contributed by atoms with Crippen LogP contribution in [0.1, 0.15) is 49.3 Å². The lowest BCUT2D eigenvalue weighted by atomic mass is 9.81. The van der Waals surface area contributed by atoms with Crippen LogP contribution in [0.3, 0.4) is 0 Å². The first-order valence-corrected chi connectivity index (χ1v) is 8.51. The van der Waals surface area contributed by atoms with E-state index in [1.165, 1.54) is 17.5 Å². The van der Waals surface area contributed by atoms with E-state index in [1.54, 1.807) is 0 Å². The van der Waals surface area contributed by atoms with Crippen molar-refractivity contribution in [3.63, 3.8) is 0 Å². The smallest absolute Gasteiger partial charge is 0.209 e. The third kappa shape index (κ3) is 4.03. The number of nitrogens with one attached hydrogen (secondary N) is 1. The van der Waals surface area contributed by atoms with E-state index in [0.29, 0.717) is 24.9 Å². The minimum atomic E-state index is -3.34. The summed E-state index contributed by atoms with van der Waals surface area (Å²) in [7, 11) is -3.34. The van der Waals surface area contributed by atoms with Crippen LogP contribution in [0.2, 0.25) is 0 Å². The predicted molar refractivity (Wildman–Crippen MR) is 77.4 cm³/mol. The Balaban J connectivity index is 1.94. The van der Waals surface area contributed by atoms with Crippen LogP contribution < -0.4 is 10.5 Å². The number of rotatable bonds is 5. The molecule has 5 heteroatoms. The van der Waals surface area contributed by atoms with Gasteiger partial charge in [-0.1, -0.05) is 31.2 Å². The Hall–Kier alpha value is -0.910. The summed E-state index contributed by atoms with van der Waals surface area (Å²) >= 11 is 0. The third-order valence-corrected chi connectivity index (χ3v) is 4.64. The lowest BCUT2D eigenvalue weighted by molar-refractivity contribution is 0.432. The van der Waals surface area contributed by atoms with Crippen molar-refractivity contribution in [1.82, 2.24) is 5.32 Å². The van der Waals surface area contributed by atoms with Crippen LogP contribution in [0.5, 0.6) is 0 Å². The Morgan fingerprint density at radius 2 is 1.95 bits per heavy atom. The molecule has 1 aliphatic rings. The number of hydrogen-bond donors (Lipinski definition) is 2. The molecule has 3 N–H and O–H groups in total. The van der Waals surface area contributed by atoms with Crippen molar-refractivity contribution >= 4 is 10.0 Å². The molecule has 19 heavy (non-hydrogen) atoms. The van der Waals surface area contributed by atoms with Crippen molar-refractivity contribution in [1.29, 1.82) is 0 Å². The summed E-state index contributed by atoms with van der Waals surface area (Å²) in [6.07, 6.45) is 2.84. The van der Waals surface area contributed by atoms with Crippen LogP contribution in [0.4, 0.5) is 0 Å². The predicted octanol–water partition coefficient (Wildman–Crippen LogP) is 1.89. The molecule has 2 unspecified atom stereocenters. The zero-order chi connectivity index (χ0) is 13.9. The molecule has 0 heterocycles. The Morgan fingerprint density at radius 3 is 2.63 bits per heavy atom. The second kappa shape index (κ2) is 6.03. The lowest BCUT2D eigenvalue weighted by Gasteiger charge is -2.30. The molecule has 4 nitrogen and oxygen atoms in total. The molecule has 0 radical (unpaired) electrons. The van der Waals surface area contributed by atoms with Crippen LogP contribution in [-0.2, 0) is 10.0 Å². The van der Waals surface area contributed by atoms with Gasteiger partial charge in [-0.2, -0.15) is 0 Å². The molecule has 2 atom stereocenters. The number of sulfonamides is 1. The molecule has 0 bridgehead atoms.